The van der Waals surface area contributed by atoms with Crippen molar-refractivity contribution in [3.05, 3.63) is 23.9 Å². The van der Waals surface area contributed by atoms with Crippen molar-refractivity contribution < 1.29 is 14.3 Å². The van der Waals surface area contributed by atoms with Gasteiger partial charge < -0.3 is 19.7 Å². The number of pyridine rings is 1. The Kier molecular flexibility index (Phi) is 5.38. The maximum atomic E-state index is 12.2. The summed E-state index contributed by atoms with van der Waals surface area (Å²) in [5, 5.41) is 2.93. The molecule has 2 amide bonds. The Hall–Kier alpha value is -1.82. The van der Waals surface area contributed by atoms with E-state index in [1.54, 1.807) is 11.1 Å². The third-order valence-electron chi connectivity index (χ3n) is 3.24. The van der Waals surface area contributed by atoms with Gasteiger partial charge in [0.25, 0.3) is 0 Å². The van der Waals surface area contributed by atoms with Crippen LogP contribution in [0.5, 0.6) is 5.88 Å². The van der Waals surface area contributed by atoms with E-state index in [1.807, 2.05) is 32.9 Å². The second-order valence-corrected chi connectivity index (χ2v) is 5.26. The van der Waals surface area contributed by atoms with Crippen molar-refractivity contribution in [2.75, 3.05) is 19.7 Å². The molecule has 2 unspecified atom stereocenters. The number of rotatable bonds is 4. The van der Waals surface area contributed by atoms with Gasteiger partial charge in [-0.3, -0.25) is 0 Å². The van der Waals surface area contributed by atoms with E-state index < -0.39 is 0 Å². The molecule has 6 nitrogen and oxygen atoms in total. The minimum Gasteiger partial charge on any atom is -0.478 e. The molecule has 0 saturated carbocycles. The number of ether oxygens (including phenoxy) is 2. The monoisotopic (exact) mass is 293 g/mol. The molecule has 1 saturated heterocycles. The Morgan fingerprint density at radius 2 is 2.19 bits per heavy atom. The third kappa shape index (κ3) is 4.60. The SMILES string of the molecule is CCOc1cc(CNC(=O)N2CC(C)OC(C)C2)ccn1. The van der Waals surface area contributed by atoms with Crippen molar-refractivity contribution in [2.24, 2.45) is 0 Å². The summed E-state index contributed by atoms with van der Waals surface area (Å²) < 4.78 is 11.0. The minimum absolute atomic E-state index is 0.0632. The zero-order chi connectivity index (χ0) is 15.2. The number of nitrogens with one attached hydrogen (secondary N) is 1. The number of urea groups is 1. The summed E-state index contributed by atoms with van der Waals surface area (Å²) >= 11 is 0. The second-order valence-electron chi connectivity index (χ2n) is 5.26. The van der Waals surface area contributed by atoms with Gasteiger partial charge >= 0.3 is 6.03 Å². The summed E-state index contributed by atoms with van der Waals surface area (Å²) in [4.78, 5) is 18.1. The van der Waals surface area contributed by atoms with Gasteiger partial charge in [-0.05, 0) is 32.4 Å². The summed E-state index contributed by atoms with van der Waals surface area (Å²) in [6, 6.07) is 3.65. The lowest BCUT2D eigenvalue weighted by molar-refractivity contribution is -0.0545. The predicted molar refractivity (Wildman–Crippen MR) is 79.2 cm³/mol. The molecule has 0 aliphatic carbocycles. The van der Waals surface area contributed by atoms with Gasteiger partial charge in [0.1, 0.15) is 0 Å². The first-order valence-corrected chi connectivity index (χ1v) is 7.34. The molecule has 1 fully saturated rings. The lowest BCUT2D eigenvalue weighted by Gasteiger charge is -2.35. The minimum atomic E-state index is -0.0632. The number of hydrogen-bond acceptors (Lipinski definition) is 4. The number of amides is 2. The number of carbonyl (C=O) groups is 1. The smallest absolute Gasteiger partial charge is 0.317 e. The van der Waals surface area contributed by atoms with E-state index in [0.717, 1.165) is 5.56 Å². The van der Waals surface area contributed by atoms with Crippen LogP contribution in [0.25, 0.3) is 0 Å². The van der Waals surface area contributed by atoms with E-state index in [4.69, 9.17) is 9.47 Å². The van der Waals surface area contributed by atoms with E-state index in [-0.39, 0.29) is 18.2 Å². The summed E-state index contributed by atoms with van der Waals surface area (Å²) in [6.45, 7) is 8.15. The first kappa shape index (κ1) is 15.6. The van der Waals surface area contributed by atoms with Crippen LogP contribution in [-0.4, -0.2) is 47.8 Å². The largest absolute Gasteiger partial charge is 0.478 e. The number of hydrogen-bond donors (Lipinski definition) is 1. The van der Waals surface area contributed by atoms with Crippen LogP contribution in [0.3, 0.4) is 0 Å². The summed E-state index contributed by atoms with van der Waals surface area (Å²) in [6.07, 6.45) is 1.83. The predicted octanol–water partition coefficient (Wildman–Crippen LogP) is 1.80. The van der Waals surface area contributed by atoms with Crippen LogP contribution < -0.4 is 10.1 Å². The fourth-order valence-electron chi connectivity index (χ4n) is 2.42. The first-order valence-electron chi connectivity index (χ1n) is 7.34. The lowest BCUT2D eigenvalue weighted by Crippen LogP contribution is -2.51. The molecule has 0 aromatic carbocycles. The van der Waals surface area contributed by atoms with Crippen LogP contribution in [0.1, 0.15) is 26.3 Å². The molecule has 1 aliphatic rings. The molecule has 1 N–H and O–H groups in total. The van der Waals surface area contributed by atoms with E-state index in [0.29, 0.717) is 32.1 Å². The highest BCUT2D eigenvalue weighted by molar-refractivity contribution is 5.74. The van der Waals surface area contributed by atoms with Crippen molar-refractivity contribution in [2.45, 2.75) is 39.5 Å². The fourth-order valence-corrected chi connectivity index (χ4v) is 2.42. The van der Waals surface area contributed by atoms with Crippen LogP contribution >= 0.6 is 0 Å². The zero-order valence-corrected chi connectivity index (χ0v) is 12.8. The Bertz CT molecular complexity index is 471. The number of nitrogens with zero attached hydrogens (tertiary/aromatic N) is 2. The molecule has 21 heavy (non-hydrogen) atoms. The quantitative estimate of drug-likeness (QED) is 0.919. The molecule has 1 aromatic rings. The van der Waals surface area contributed by atoms with Crippen LogP contribution in [0, 0.1) is 0 Å². The Morgan fingerprint density at radius 3 is 2.86 bits per heavy atom. The van der Waals surface area contributed by atoms with E-state index in [1.165, 1.54) is 0 Å². The molecule has 2 rings (SSSR count). The summed E-state index contributed by atoms with van der Waals surface area (Å²) in [7, 11) is 0. The Balaban J connectivity index is 1.87. The van der Waals surface area contributed by atoms with Crippen molar-refractivity contribution in [3.63, 3.8) is 0 Å². The first-order chi connectivity index (χ1) is 10.1. The molecule has 6 heteroatoms. The standard InChI is InChI=1S/C15H23N3O3/c1-4-20-14-7-13(5-6-16-14)8-17-15(19)18-9-11(2)21-12(3)10-18/h5-7,11-12H,4,8-10H2,1-3H3,(H,17,19). The van der Waals surface area contributed by atoms with Gasteiger partial charge in [-0.15, -0.1) is 0 Å². The van der Waals surface area contributed by atoms with Gasteiger partial charge in [-0.25, -0.2) is 9.78 Å². The number of carbonyl (C=O) groups excluding carboxylic acids is 1. The molecule has 1 aromatic heterocycles. The average Bonchev–Trinajstić information content (AvgIpc) is 2.44. The molecule has 0 radical (unpaired) electrons. The highest BCUT2D eigenvalue weighted by Gasteiger charge is 2.25. The molecule has 0 spiro atoms. The van der Waals surface area contributed by atoms with Gasteiger partial charge in [-0.1, -0.05) is 0 Å². The van der Waals surface area contributed by atoms with Gasteiger partial charge in [0.05, 0.1) is 18.8 Å². The second kappa shape index (κ2) is 7.26. The third-order valence-corrected chi connectivity index (χ3v) is 3.24. The van der Waals surface area contributed by atoms with Crippen molar-refractivity contribution >= 4 is 6.03 Å². The lowest BCUT2D eigenvalue weighted by atomic mass is 10.2. The molecule has 1 aliphatic heterocycles. The molecule has 0 bridgehead atoms. The Morgan fingerprint density at radius 1 is 1.48 bits per heavy atom. The van der Waals surface area contributed by atoms with Crippen molar-refractivity contribution in [1.82, 2.24) is 15.2 Å². The molecular formula is C15H23N3O3. The van der Waals surface area contributed by atoms with Gasteiger partial charge in [-0.2, -0.15) is 0 Å². The van der Waals surface area contributed by atoms with E-state index >= 15 is 0 Å². The van der Waals surface area contributed by atoms with Crippen molar-refractivity contribution in [1.29, 1.82) is 0 Å². The maximum absolute atomic E-state index is 12.2. The van der Waals surface area contributed by atoms with Crippen LogP contribution in [-0.2, 0) is 11.3 Å². The van der Waals surface area contributed by atoms with Crippen LogP contribution in [0.2, 0.25) is 0 Å². The van der Waals surface area contributed by atoms with Gasteiger partial charge in [0, 0.05) is 31.9 Å². The highest BCUT2D eigenvalue weighted by Crippen LogP contribution is 2.12. The van der Waals surface area contributed by atoms with E-state index in [9.17, 15) is 4.79 Å². The molecule has 2 atom stereocenters. The molecule has 2 heterocycles. The Labute approximate surface area is 125 Å². The van der Waals surface area contributed by atoms with Gasteiger partial charge in [0.2, 0.25) is 5.88 Å². The zero-order valence-electron chi connectivity index (χ0n) is 12.8. The van der Waals surface area contributed by atoms with Crippen molar-refractivity contribution in [3.8, 4) is 5.88 Å². The average molecular weight is 293 g/mol. The van der Waals surface area contributed by atoms with E-state index in [2.05, 4.69) is 10.3 Å². The van der Waals surface area contributed by atoms with Gasteiger partial charge in [0.15, 0.2) is 0 Å². The number of morpholine rings is 1. The summed E-state index contributed by atoms with van der Waals surface area (Å²) in [5.74, 6) is 0.581. The maximum Gasteiger partial charge on any atom is 0.317 e. The fraction of sp³-hybridized carbons (Fsp3) is 0.600. The van der Waals surface area contributed by atoms with Crippen LogP contribution in [0.15, 0.2) is 18.3 Å². The van der Waals surface area contributed by atoms with Crippen LogP contribution in [0.4, 0.5) is 4.79 Å². The topological polar surface area (TPSA) is 63.7 Å². The normalized spacial score (nSPS) is 22.0. The highest BCUT2D eigenvalue weighted by atomic mass is 16.5. The molecular weight excluding hydrogens is 270 g/mol. The molecule has 116 valence electrons. The number of aromatic nitrogens is 1. The summed E-state index contributed by atoms with van der Waals surface area (Å²) in [5.41, 5.74) is 0.969.